The Morgan fingerprint density at radius 2 is 1.95 bits per heavy atom. The molecule has 19 heavy (non-hydrogen) atoms. The van der Waals surface area contributed by atoms with Gasteiger partial charge in [-0.2, -0.15) is 5.26 Å². The van der Waals surface area contributed by atoms with E-state index in [1.54, 1.807) is 6.07 Å². The Bertz CT molecular complexity index is 680. The maximum Gasteiger partial charge on any atom is 0.142 e. The van der Waals surface area contributed by atoms with E-state index in [-0.39, 0.29) is 22.8 Å². The quantitative estimate of drug-likeness (QED) is 0.840. The van der Waals surface area contributed by atoms with E-state index < -0.39 is 5.82 Å². The number of phenolic OH excluding ortho intramolecular Hbond substituents is 1. The predicted octanol–water partition coefficient (Wildman–Crippen LogP) is 4.30. The highest BCUT2D eigenvalue weighted by molar-refractivity contribution is 6.36. The van der Waals surface area contributed by atoms with Gasteiger partial charge in [-0.15, -0.1) is 0 Å². The first-order chi connectivity index (χ1) is 9.02. The van der Waals surface area contributed by atoms with Crippen molar-refractivity contribution in [2.75, 3.05) is 0 Å². The summed E-state index contributed by atoms with van der Waals surface area (Å²) in [6.45, 7) is 0. The molecule has 0 aliphatic rings. The lowest BCUT2D eigenvalue weighted by Crippen LogP contribution is -1.94. The minimum Gasteiger partial charge on any atom is -0.507 e. The summed E-state index contributed by atoms with van der Waals surface area (Å²) >= 11 is 11.9. The van der Waals surface area contributed by atoms with Gasteiger partial charge in [0, 0.05) is 11.4 Å². The van der Waals surface area contributed by atoms with Crippen LogP contribution in [0.2, 0.25) is 10.0 Å². The third kappa shape index (κ3) is 2.81. The number of nitriles is 1. The molecule has 0 aromatic heterocycles. The summed E-state index contributed by atoms with van der Waals surface area (Å²) < 4.78 is 13.4. The van der Waals surface area contributed by atoms with E-state index in [1.807, 2.05) is 6.07 Å². The average molecular weight is 296 g/mol. The van der Waals surface area contributed by atoms with Crippen LogP contribution < -0.4 is 0 Å². The lowest BCUT2D eigenvalue weighted by molar-refractivity contribution is 0.473. The van der Waals surface area contributed by atoms with Crippen molar-refractivity contribution in [3.63, 3.8) is 0 Å². The van der Waals surface area contributed by atoms with Gasteiger partial charge in [0.2, 0.25) is 0 Å². The SMILES string of the molecule is N#Cc1cc(Cc2c(Cl)ccc(F)c2Cl)ccc1O. The molecule has 0 amide bonds. The van der Waals surface area contributed by atoms with Gasteiger partial charge in [0.25, 0.3) is 0 Å². The van der Waals surface area contributed by atoms with Crippen molar-refractivity contribution in [1.82, 2.24) is 0 Å². The molecule has 1 N–H and O–H groups in total. The molecule has 0 aliphatic carbocycles. The van der Waals surface area contributed by atoms with Crippen LogP contribution in [0.15, 0.2) is 30.3 Å². The molecule has 0 radical (unpaired) electrons. The predicted molar refractivity (Wildman–Crippen MR) is 72.0 cm³/mol. The number of hydrogen-bond donors (Lipinski definition) is 1. The normalized spacial score (nSPS) is 10.2. The Morgan fingerprint density at radius 3 is 2.63 bits per heavy atom. The maximum absolute atomic E-state index is 13.4. The van der Waals surface area contributed by atoms with Gasteiger partial charge in [-0.3, -0.25) is 0 Å². The van der Waals surface area contributed by atoms with Crippen LogP contribution in [-0.2, 0) is 6.42 Å². The second-order valence-electron chi connectivity index (χ2n) is 3.96. The Morgan fingerprint density at radius 1 is 1.21 bits per heavy atom. The van der Waals surface area contributed by atoms with E-state index in [0.717, 1.165) is 0 Å². The molecule has 0 unspecified atom stereocenters. The van der Waals surface area contributed by atoms with Crippen molar-refractivity contribution in [2.45, 2.75) is 6.42 Å². The summed E-state index contributed by atoms with van der Waals surface area (Å²) in [6, 6.07) is 9.07. The zero-order chi connectivity index (χ0) is 14.0. The van der Waals surface area contributed by atoms with Crippen LogP contribution in [0.25, 0.3) is 0 Å². The Labute approximate surface area is 119 Å². The van der Waals surface area contributed by atoms with E-state index in [1.165, 1.54) is 24.3 Å². The Hall–Kier alpha value is -1.76. The highest BCUT2D eigenvalue weighted by Gasteiger charge is 2.12. The fourth-order valence-electron chi connectivity index (χ4n) is 1.72. The number of benzene rings is 2. The van der Waals surface area contributed by atoms with E-state index in [0.29, 0.717) is 16.1 Å². The molecule has 2 rings (SSSR count). The topological polar surface area (TPSA) is 44.0 Å². The molecule has 0 aliphatic heterocycles. The van der Waals surface area contributed by atoms with Gasteiger partial charge in [0.15, 0.2) is 0 Å². The van der Waals surface area contributed by atoms with Crippen molar-refractivity contribution in [3.8, 4) is 11.8 Å². The summed E-state index contributed by atoms with van der Waals surface area (Å²) in [5.41, 5.74) is 1.32. The average Bonchev–Trinajstić information content (AvgIpc) is 2.41. The second kappa shape index (κ2) is 5.48. The Kier molecular flexibility index (Phi) is 3.94. The van der Waals surface area contributed by atoms with Crippen molar-refractivity contribution in [1.29, 1.82) is 5.26 Å². The fourth-order valence-corrected chi connectivity index (χ4v) is 2.22. The third-order valence-electron chi connectivity index (χ3n) is 2.70. The molecule has 0 bridgehead atoms. The van der Waals surface area contributed by atoms with Gasteiger partial charge in [0.05, 0.1) is 10.6 Å². The molecule has 5 heteroatoms. The lowest BCUT2D eigenvalue weighted by Gasteiger charge is -2.08. The molecule has 0 heterocycles. The maximum atomic E-state index is 13.4. The van der Waals surface area contributed by atoms with Crippen molar-refractivity contribution >= 4 is 23.2 Å². The largest absolute Gasteiger partial charge is 0.507 e. The van der Waals surface area contributed by atoms with Gasteiger partial charge in [0.1, 0.15) is 17.6 Å². The number of rotatable bonds is 2. The van der Waals surface area contributed by atoms with E-state index in [4.69, 9.17) is 28.5 Å². The van der Waals surface area contributed by atoms with Gasteiger partial charge >= 0.3 is 0 Å². The first-order valence-electron chi connectivity index (χ1n) is 5.37. The summed E-state index contributed by atoms with van der Waals surface area (Å²) in [4.78, 5) is 0. The molecule has 0 atom stereocenters. The van der Waals surface area contributed by atoms with E-state index in [2.05, 4.69) is 0 Å². The van der Waals surface area contributed by atoms with Crippen LogP contribution in [0.5, 0.6) is 5.75 Å². The van der Waals surface area contributed by atoms with Crippen LogP contribution in [0, 0.1) is 17.1 Å². The van der Waals surface area contributed by atoms with Gasteiger partial charge in [-0.05, 0) is 35.4 Å². The fraction of sp³-hybridized carbons (Fsp3) is 0.0714. The molecule has 0 fully saturated rings. The zero-order valence-electron chi connectivity index (χ0n) is 9.62. The van der Waals surface area contributed by atoms with Crippen LogP contribution in [0.3, 0.4) is 0 Å². The molecule has 2 aromatic rings. The van der Waals surface area contributed by atoms with Gasteiger partial charge < -0.3 is 5.11 Å². The van der Waals surface area contributed by atoms with E-state index in [9.17, 15) is 9.50 Å². The second-order valence-corrected chi connectivity index (χ2v) is 4.75. The molecular weight excluding hydrogens is 288 g/mol. The summed E-state index contributed by atoms with van der Waals surface area (Å²) in [6.07, 6.45) is 0.282. The lowest BCUT2D eigenvalue weighted by atomic mass is 10.0. The van der Waals surface area contributed by atoms with Crippen molar-refractivity contribution < 1.29 is 9.50 Å². The molecule has 0 saturated heterocycles. The standard InChI is InChI=1S/C14H8Cl2FNO/c15-11-2-3-12(17)14(16)10(11)6-8-1-4-13(19)9(5-8)7-18/h1-5,19H,6H2. The molecule has 96 valence electrons. The first-order valence-corrected chi connectivity index (χ1v) is 6.13. The zero-order valence-corrected chi connectivity index (χ0v) is 11.1. The van der Waals surface area contributed by atoms with Gasteiger partial charge in [-0.1, -0.05) is 29.3 Å². The van der Waals surface area contributed by atoms with Crippen LogP contribution >= 0.6 is 23.2 Å². The van der Waals surface area contributed by atoms with E-state index >= 15 is 0 Å². The van der Waals surface area contributed by atoms with Crippen molar-refractivity contribution in [3.05, 3.63) is 62.9 Å². The first kappa shape index (κ1) is 13.7. The molecule has 2 nitrogen and oxygen atoms in total. The van der Waals surface area contributed by atoms with Crippen LogP contribution in [0.1, 0.15) is 16.7 Å². The monoisotopic (exact) mass is 295 g/mol. The highest BCUT2D eigenvalue weighted by atomic mass is 35.5. The molecule has 2 aromatic carbocycles. The third-order valence-corrected chi connectivity index (χ3v) is 3.46. The number of nitrogens with zero attached hydrogens (tertiary/aromatic N) is 1. The minimum absolute atomic E-state index is 0.0286. The number of aromatic hydroxyl groups is 1. The summed E-state index contributed by atoms with van der Waals surface area (Å²) in [5.74, 6) is -0.636. The van der Waals surface area contributed by atoms with Crippen LogP contribution in [-0.4, -0.2) is 5.11 Å². The number of halogens is 3. The molecule has 0 saturated carbocycles. The Balaban J connectivity index is 2.42. The van der Waals surface area contributed by atoms with Gasteiger partial charge in [-0.25, -0.2) is 4.39 Å². The van der Waals surface area contributed by atoms with Crippen molar-refractivity contribution in [2.24, 2.45) is 0 Å². The number of phenols is 1. The highest BCUT2D eigenvalue weighted by Crippen LogP contribution is 2.30. The smallest absolute Gasteiger partial charge is 0.142 e. The van der Waals surface area contributed by atoms with Crippen LogP contribution in [0.4, 0.5) is 4.39 Å². The minimum atomic E-state index is -0.541. The molecular formula is C14H8Cl2FNO. The summed E-state index contributed by atoms with van der Waals surface area (Å²) in [5, 5.41) is 18.6. The molecule has 0 spiro atoms. The number of hydrogen-bond acceptors (Lipinski definition) is 2. The summed E-state index contributed by atoms with van der Waals surface area (Å²) in [7, 11) is 0.